The third-order valence-corrected chi connectivity index (χ3v) is 3.70. The number of nitrogens with zero attached hydrogens (tertiary/aromatic N) is 3. The van der Waals surface area contributed by atoms with Gasteiger partial charge in [-0.2, -0.15) is 5.10 Å². The van der Waals surface area contributed by atoms with Gasteiger partial charge >= 0.3 is 0 Å². The van der Waals surface area contributed by atoms with Gasteiger partial charge in [0.15, 0.2) is 0 Å². The topological polar surface area (TPSA) is 47.1 Å². The lowest BCUT2D eigenvalue weighted by atomic mass is 10.2. The van der Waals surface area contributed by atoms with Crippen molar-refractivity contribution >= 4 is 22.9 Å². The Labute approximate surface area is 131 Å². The normalized spacial score (nSPS) is 10.6. The fraction of sp³-hybridized carbons (Fsp3) is 0.375. The molecule has 0 aliphatic heterocycles. The molecule has 2 rings (SSSR count). The molecule has 0 fully saturated rings. The van der Waals surface area contributed by atoms with E-state index in [1.807, 2.05) is 29.9 Å². The molecule has 112 valence electrons. The van der Waals surface area contributed by atoms with Crippen molar-refractivity contribution in [1.82, 2.24) is 9.78 Å². The van der Waals surface area contributed by atoms with Crippen LogP contribution in [0.1, 0.15) is 24.7 Å². The molecule has 0 bridgehead atoms. The van der Waals surface area contributed by atoms with Gasteiger partial charge in [-0.05, 0) is 24.6 Å². The number of nitrogens with two attached hydrogens (primary N) is 1. The molecule has 0 spiro atoms. The van der Waals surface area contributed by atoms with Crippen LogP contribution in [0.2, 0.25) is 0 Å². The average molecular weight is 302 g/mol. The molecule has 1 aromatic heterocycles. The lowest BCUT2D eigenvalue weighted by Crippen LogP contribution is -2.28. The summed E-state index contributed by atoms with van der Waals surface area (Å²) < 4.78 is 1.95. The summed E-state index contributed by atoms with van der Waals surface area (Å²) in [6, 6.07) is 12.5. The SMILES string of the molecule is CCc1cc(CN(CCC(N)=S)c2ccccc2)n(C)n1. The molecule has 2 N–H and O–H groups in total. The summed E-state index contributed by atoms with van der Waals surface area (Å²) >= 11 is 5.01. The molecule has 5 heteroatoms. The summed E-state index contributed by atoms with van der Waals surface area (Å²) in [7, 11) is 1.99. The van der Waals surface area contributed by atoms with Crippen LogP contribution in [-0.4, -0.2) is 21.3 Å². The van der Waals surface area contributed by atoms with E-state index in [-0.39, 0.29) is 0 Å². The van der Waals surface area contributed by atoms with Gasteiger partial charge in [0.05, 0.1) is 22.9 Å². The molecule has 21 heavy (non-hydrogen) atoms. The van der Waals surface area contributed by atoms with Gasteiger partial charge < -0.3 is 10.6 Å². The first kappa shape index (κ1) is 15.5. The number of hydrogen-bond acceptors (Lipinski definition) is 3. The van der Waals surface area contributed by atoms with Crippen LogP contribution in [0.3, 0.4) is 0 Å². The number of hydrogen-bond donors (Lipinski definition) is 1. The van der Waals surface area contributed by atoms with E-state index in [0.29, 0.717) is 11.4 Å². The highest BCUT2D eigenvalue weighted by atomic mass is 32.1. The predicted octanol–water partition coefficient (Wildman–Crippen LogP) is 2.67. The molecular formula is C16H22N4S. The molecular weight excluding hydrogens is 280 g/mol. The van der Waals surface area contributed by atoms with Crippen LogP contribution in [0.5, 0.6) is 0 Å². The van der Waals surface area contributed by atoms with E-state index in [2.05, 4.69) is 35.1 Å². The smallest absolute Gasteiger partial charge is 0.0745 e. The summed E-state index contributed by atoms with van der Waals surface area (Å²) in [6.45, 7) is 3.73. The van der Waals surface area contributed by atoms with Crippen molar-refractivity contribution < 1.29 is 0 Å². The van der Waals surface area contributed by atoms with E-state index in [9.17, 15) is 0 Å². The molecule has 0 aliphatic rings. The van der Waals surface area contributed by atoms with Crippen molar-refractivity contribution in [3.05, 3.63) is 47.8 Å². The second kappa shape index (κ2) is 7.22. The lowest BCUT2D eigenvalue weighted by Gasteiger charge is -2.24. The molecule has 0 atom stereocenters. The van der Waals surface area contributed by atoms with Gasteiger partial charge in [0.2, 0.25) is 0 Å². The van der Waals surface area contributed by atoms with Crippen LogP contribution >= 0.6 is 12.2 Å². The Kier molecular flexibility index (Phi) is 5.33. The highest BCUT2D eigenvalue weighted by molar-refractivity contribution is 7.80. The van der Waals surface area contributed by atoms with Crippen molar-refractivity contribution in [3.63, 3.8) is 0 Å². The third kappa shape index (κ3) is 4.29. The number of para-hydroxylation sites is 1. The highest BCUT2D eigenvalue weighted by Gasteiger charge is 2.11. The van der Waals surface area contributed by atoms with Gasteiger partial charge in [0, 0.05) is 25.7 Å². The van der Waals surface area contributed by atoms with Crippen LogP contribution < -0.4 is 10.6 Å². The number of rotatable bonds is 7. The Bertz CT molecular complexity index is 592. The van der Waals surface area contributed by atoms with Crippen molar-refractivity contribution in [2.75, 3.05) is 11.4 Å². The first-order valence-corrected chi connectivity index (χ1v) is 7.61. The zero-order chi connectivity index (χ0) is 15.2. The Morgan fingerprint density at radius 1 is 1.33 bits per heavy atom. The van der Waals surface area contributed by atoms with Crippen molar-refractivity contribution in [2.24, 2.45) is 12.8 Å². The molecule has 2 aromatic rings. The Morgan fingerprint density at radius 2 is 2.05 bits per heavy atom. The summed E-state index contributed by atoms with van der Waals surface area (Å²) in [5, 5.41) is 4.51. The first-order valence-electron chi connectivity index (χ1n) is 7.20. The molecule has 0 saturated heterocycles. The van der Waals surface area contributed by atoms with E-state index < -0.39 is 0 Å². The molecule has 0 saturated carbocycles. The fourth-order valence-electron chi connectivity index (χ4n) is 2.27. The van der Waals surface area contributed by atoms with Crippen LogP contribution in [-0.2, 0) is 20.0 Å². The second-order valence-corrected chi connectivity index (χ2v) is 5.60. The number of aryl methyl sites for hydroxylation is 2. The fourth-order valence-corrected chi connectivity index (χ4v) is 2.36. The lowest BCUT2D eigenvalue weighted by molar-refractivity contribution is 0.674. The maximum absolute atomic E-state index is 5.65. The van der Waals surface area contributed by atoms with E-state index in [4.69, 9.17) is 18.0 Å². The summed E-state index contributed by atoms with van der Waals surface area (Å²) in [5.41, 5.74) is 9.14. The number of thiocarbonyl (C=S) groups is 1. The van der Waals surface area contributed by atoms with Gasteiger partial charge in [-0.3, -0.25) is 4.68 Å². The van der Waals surface area contributed by atoms with Crippen molar-refractivity contribution in [2.45, 2.75) is 26.3 Å². The van der Waals surface area contributed by atoms with Crippen molar-refractivity contribution in [1.29, 1.82) is 0 Å². The zero-order valence-corrected chi connectivity index (χ0v) is 13.4. The number of benzene rings is 1. The van der Waals surface area contributed by atoms with Gasteiger partial charge in [-0.1, -0.05) is 37.3 Å². The molecule has 0 amide bonds. The minimum atomic E-state index is 0.551. The van der Waals surface area contributed by atoms with Crippen LogP contribution in [0.15, 0.2) is 36.4 Å². The number of aromatic nitrogens is 2. The largest absolute Gasteiger partial charge is 0.393 e. The standard InChI is InChI=1S/C16H22N4S/c1-3-13-11-15(19(2)18-13)12-20(10-9-16(17)21)14-7-5-4-6-8-14/h4-8,11H,3,9-10,12H2,1-2H3,(H2,17,21). The third-order valence-electron chi connectivity index (χ3n) is 3.49. The van der Waals surface area contributed by atoms with Crippen LogP contribution in [0.25, 0.3) is 0 Å². The Hall–Kier alpha value is -1.88. The van der Waals surface area contributed by atoms with E-state index in [1.54, 1.807) is 0 Å². The summed E-state index contributed by atoms with van der Waals surface area (Å²) in [6.07, 6.45) is 1.66. The van der Waals surface area contributed by atoms with Gasteiger partial charge in [0.1, 0.15) is 0 Å². The van der Waals surface area contributed by atoms with Crippen LogP contribution in [0, 0.1) is 0 Å². The maximum Gasteiger partial charge on any atom is 0.0745 e. The Balaban J connectivity index is 2.18. The Morgan fingerprint density at radius 3 is 2.62 bits per heavy atom. The average Bonchev–Trinajstić information content (AvgIpc) is 2.84. The van der Waals surface area contributed by atoms with E-state index in [1.165, 1.54) is 11.4 Å². The van der Waals surface area contributed by atoms with Gasteiger partial charge in [-0.25, -0.2) is 0 Å². The summed E-state index contributed by atoms with van der Waals surface area (Å²) in [5.74, 6) is 0. The second-order valence-electron chi connectivity index (χ2n) is 5.08. The molecule has 1 heterocycles. The molecule has 4 nitrogen and oxygen atoms in total. The zero-order valence-electron chi connectivity index (χ0n) is 12.6. The minimum absolute atomic E-state index is 0.551. The van der Waals surface area contributed by atoms with Crippen molar-refractivity contribution in [3.8, 4) is 0 Å². The predicted molar refractivity (Wildman–Crippen MR) is 91.5 cm³/mol. The van der Waals surface area contributed by atoms with E-state index in [0.717, 1.165) is 25.2 Å². The quantitative estimate of drug-likeness (QED) is 0.799. The first-order chi connectivity index (χ1) is 10.1. The van der Waals surface area contributed by atoms with Gasteiger partial charge in [0.25, 0.3) is 0 Å². The monoisotopic (exact) mass is 302 g/mol. The molecule has 0 aliphatic carbocycles. The maximum atomic E-state index is 5.65. The summed E-state index contributed by atoms with van der Waals surface area (Å²) in [4.78, 5) is 2.84. The van der Waals surface area contributed by atoms with Gasteiger partial charge in [-0.15, -0.1) is 0 Å². The molecule has 0 radical (unpaired) electrons. The molecule has 1 aromatic carbocycles. The minimum Gasteiger partial charge on any atom is -0.393 e. The number of anilines is 1. The molecule has 0 unspecified atom stereocenters. The highest BCUT2D eigenvalue weighted by Crippen LogP contribution is 2.17. The van der Waals surface area contributed by atoms with Crippen LogP contribution in [0.4, 0.5) is 5.69 Å². The van der Waals surface area contributed by atoms with E-state index >= 15 is 0 Å².